The SMILES string of the molecule is O=C1CSC(c2cn(Cc3cccc(Br)c3)nn2)N1Cc1ccco1. The molecular weight excluding hydrogens is 404 g/mol. The maximum Gasteiger partial charge on any atom is 0.234 e. The van der Waals surface area contributed by atoms with Crippen molar-refractivity contribution in [2.24, 2.45) is 0 Å². The molecule has 1 aliphatic rings. The largest absolute Gasteiger partial charge is 0.467 e. The highest BCUT2D eigenvalue weighted by atomic mass is 79.9. The van der Waals surface area contributed by atoms with Crippen LogP contribution in [-0.2, 0) is 17.9 Å². The average molecular weight is 419 g/mol. The Morgan fingerprint density at radius 2 is 2.20 bits per heavy atom. The van der Waals surface area contributed by atoms with Crippen molar-refractivity contribution in [3.63, 3.8) is 0 Å². The summed E-state index contributed by atoms with van der Waals surface area (Å²) in [7, 11) is 0. The fourth-order valence-corrected chi connectivity index (χ4v) is 4.33. The number of amides is 1. The zero-order valence-electron chi connectivity index (χ0n) is 13.2. The molecule has 1 fully saturated rings. The van der Waals surface area contributed by atoms with Crippen LogP contribution in [0.1, 0.15) is 22.4 Å². The molecular formula is C17H15BrN4O2S. The molecule has 8 heteroatoms. The number of nitrogens with zero attached hydrogens (tertiary/aromatic N) is 4. The van der Waals surface area contributed by atoms with Crippen LogP contribution in [0, 0.1) is 0 Å². The predicted molar refractivity (Wildman–Crippen MR) is 97.7 cm³/mol. The number of halogens is 1. The molecule has 25 heavy (non-hydrogen) atoms. The lowest BCUT2D eigenvalue weighted by molar-refractivity contribution is -0.128. The highest BCUT2D eigenvalue weighted by molar-refractivity contribution is 9.10. The van der Waals surface area contributed by atoms with Gasteiger partial charge in [-0.1, -0.05) is 33.3 Å². The van der Waals surface area contributed by atoms with Crippen LogP contribution >= 0.6 is 27.7 Å². The first-order valence-electron chi connectivity index (χ1n) is 7.77. The lowest BCUT2D eigenvalue weighted by Crippen LogP contribution is -2.27. The van der Waals surface area contributed by atoms with Gasteiger partial charge in [0.15, 0.2) is 0 Å². The third-order valence-electron chi connectivity index (χ3n) is 3.92. The summed E-state index contributed by atoms with van der Waals surface area (Å²) in [4.78, 5) is 14.0. The first-order valence-corrected chi connectivity index (χ1v) is 9.61. The van der Waals surface area contributed by atoms with Crippen molar-refractivity contribution in [2.75, 3.05) is 5.75 Å². The van der Waals surface area contributed by atoms with Gasteiger partial charge in [-0.05, 0) is 29.8 Å². The highest BCUT2D eigenvalue weighted by Crippen LogP contribution is 2.38. The van der Waals surface area contributed by atoms with Gasteiger partial charge in [0.05, 0.1) is 31.3 Å². The van der Waals surface area contributed by atoms with E-state index in [0.29, 0.717) is 18.8 Å². The second kappa shape index (κ2) is 7.05. The summed E-state index contributed by atoms with van der Waals surface area (Å²) in [6, 6.07) is 11.8. The van der Waals surface area contributed by atoms with E-state index in [1.165, 1.54) is 0 Å². The van der Waals surface area contributed by atoms with Gasteiger partial charge in [-0.2, -0.15) is 0 Å². The molecule has 0 radical (unpaired) electrons. The molecule has 128 valence electrons. The number of hydrogen-bond acceptors (Lipinski definition) is 5. The molecule has 6 nitrogen and oxygen atoms in total. The van der Waals surface area contributed by atoms with E-state index in [1.54, 1.807) is 27.6 Å². The summed E-state index contributed by atoms with van der Waals surface area (Å²) in [6.45, 7) is 1.08. The standard InChI is InChI=1S/C17H15BrN4O2S/c18-13-4-1-3-12(7-13)8-21-10-15(19-20-21)17-22(16(23)11-25-17)9-14-5-2-6-24-14/h1-7,10,17H,8-9,11H2. The van der Waals surface area contributed by atoms with Crippen LogP contribution in [0.4, 0.5) is 0 Å². The number of carbonyl (C=O) groups is 1. The van der Waals surface area contributed by atoms with Crippen LogP contribution in [0.3, 0.4) is 0 Å². The number of aromatic nitrogens is 3. The van der Waals surface area contributed by atoms with E-state index in [1.807, 2.05) is 36.5 Å². The molecule has 0 N–H and O–H groups in total. The Hall–Kier alpha value is -2.06. The van der Waals surface area contributed by atoms with Gasteiger partial charge in [0.25, 0.3) is 0 Å². The van der Waals surface area contributed by atoms with E-state index in [-0.39, 0.29) is 11.3 Å². The molecule has 1 aromatic carbocycles. The number of carbonyl (C=O) groups excluding carboxylic acids is 1. The van der Waals surface area contributed by atoms with E-state index in [4.69, 9.17) is 4.42 Å². The lowest BCUT2D eigenvalue weighted by Gasteiger charge is -2.20. The molecule has 2 aromatic heterocycles. The van der Waals surface area contributed by atoms with Gasteiger partial charge in [-0.25, -0.2) is 4.68 Å². The Kier molecular flexibility index (Phi) is 4.63. The number of hydrogen-bond donors (Lipinski definition) is 0. The number of rotatable bonds is 5. The molecule has 4 rings (SSSR count). The van der Waals surface area contributed by atoms with Crippen molar-refractivity contribution in [3.8, 4) is 0 Å². The number of benzene rings is 1. The molecule has 1 atom stereocenters. The van der Waals surface area contributed by atoms with Crippen molar-refractivity contribution >= 4 is 33.6 Å². The fourth-order valence-electron chi connectivity index (χ4n) is 2.77. The second-order valence-electron chi connectivity index (χ2n) is 5.74. The Labute approximate surface area is 157 Å². The Bertz CT molecular complexity index is 880. The molecule has 0 aliphatic carbocycles. The molecule has 0 spiro atoms. The van der Waals surface area contributed by atoms with Gasteiger partial charge in [0.2, 0.25) is 5.91 Å². The van der Waals surface area contributed by atoms with Gasteiger partial charge >= 0.3 is 0 Å². The van der Waals surface area contributed by atoms with E-state index < -0.39 is 0 Å². The van der Waals surface area contributed by atoms with Crippen molar-refractivity contribution in [1.82, 2.24) is 19.9 Å². The molecule has 3 heterocycles. The van der Waals surface area contributed by atoms with Gasteiger partial charge < -0.3 is 9.32 Å². The van der Waals surface area contributed by atoms with Crippen LogP contribution in [-0.4, -0.2) is 31.6 Å². The van der Waals surface area contributed by atoms with E-state index in [2.05, 4.69) is 32.3 Å². The molecule has 1 unspecified atom stereocenters. The normalized spacial score (nSPS) is 17.4. The maximum absolute atomic E-state index is 12.2. The van der Waals surface area contributed by atoms with Crippen LogP contribution in [0.25, 0.3) is 0 Å². The van der Waals surface area contributed by atoms with Gasteiger partial charge in [-0.3, -0.25) is 4.79 Å². The van der Waals surface area contributed by atoms with E-state index >= 15 is 0 Å². The number of furan rings is 1. The summed E-state index contributed by atoms with van der Waals surface area (Å²) in [6.07, 6.45) is 3.53. The van der Waals surface area contributed by atoms with E-state index in [9.17, 15) is 4.79 Å². The van der Waals surface area contributed by atoms with Crippen LogP contribution in [0.15, 0.2) is 57.7 Å². The lowest BCUT2D eigenvalue weighted by atomic mass is 10.2. The minimum Gasteiger partial charge on any atom is -0.467 e. The van der Waals surface area contributed by atoms with Gasteiger partial charge in [0.1, 0.15) is 16.8 Å². The highest BCUT2D eigenvalue weighted by Gasteiger charge is 2.35. The van der Waals surface area contributed by atoms with Crippen molar-refractivity contribution in [3.05, 3.63) is 70.3 Å². The Morgan fingerprint density at radius 3 is 3.00 bits per heavy atom. The number of thioether (sulfide) groups is 1. The Morgan fingerprint density at radius 1 is 1.28 bits per heavy atom. The summed E-state index contributed by atoms with van der Waals surface area (Å²) >= 11 is 5.04. The zero-order valence-corrected chi connectivity index (χ0v) is 15.6. The van der Waals surface area contributed by atoms with Crippen molar-refractivity contribution < 1.29 is 9.21 Å². The second-order valence-corrected chi connectivity index (χ2v) is 7.72. The maximum atomic E-state index is 12.2. The van der Waals surface area contributed by atoms with Crippen LogP contribution in [0.2, 0.25) is 0 Å². The molecule has 3 aromatic rings. The zero-order chi connectivity index (χ0) is 17.2. The third-order valence-corrected chi connectivity index (χ3v) is 5.64. The topological polar surface area (TPSA) is 64.2 Å². The van der Waals surface area contributed by atoms with Crippen LogP contribution in [0.5, 0.6) is 0 Å². The fraction of sp³-hybridized carbons (Fsp3) is 0.235. The van der Waals surface area contributed by atoms with Gasteiger partial charge in [-0.15, -0.1) is 16.9 Å². The van der Waals surface area contributed by atoms with Gasteiger partial charge in [0, 0.05) is 4.47 Å². The average Bonchev–Trinajstić information content (AvgIpc) is 3.31. The minimum atomic E-state index is -0.131. The van der Waals surface area contributed by atoms with E-state index in [0.717, 1.165) is 21.5 Å². The molecule has 1 saturated heterocycles. The summed E-state index contributed by atoms with van der Waals surface area (Å²) in [5.74, 6) is 1.31. The summed E-state index contributed by atoms with van der Waals surface area (Å²) in [5, 5.41) is 8.37. The van der Waals surface area contributed by atoms with Crippen molar-refractivity contribution in [1.29, 1.82) is 0 Å². The Balaban J connectivity index is 1.51. The molecule has 1 aliphatic heterocycles. The minimum absolute atomic E-state index is 0.0907. The summed E-state index contributed by atoms with van der Waals surface area (Å²) < 4.78 is 8.21. The predicted octanol–water partition coefficient (Wildman–Crippen LogP) is 3.46. The molecule has 0 saturated carbocycles. The van der Waals surface area contributed by atoms with Crippen LogP contribution < -0.4 is 0 Å². The quantitative estimate of drug-likeness (QED) is 0.634. The third kappa shape index (κ3) is 3.64. The monoisotopic (exact) mass is 418 g/mol. The molecule has 0 bridgehead atoms. The van der Waals surface area contributed by atoms with Crippen molar-refractivity contribution in [2.45, 2.75) is 18.5 Å². The molecule has 1 amide bonds. The first-order chi connectivity index (χ1) is 12.2. The first kappa shape index (κ1) is 16.4. The smallest absolute Gasteiger partial charge is 0.234 e. The summed E-state index contributed by atoms with van der Waals surface area (Å²) in [5.41, 5.74) is 1.92.